The van der Waals surface area contributed by atoms with E-state index in [-0.39, 0.29) is 52.7 Å². The van der Waals surface area contributed by atoms with Gasteiger partial charge in [-0.25, -0.2) is 8.42 Å². The normalized spacial score (nSPS) is 18.8. The van der Waals surface area contributed by atoms with Crippen LogP contribution in [-0.2, 0) is 10.0 Å². The third-order valence-corrected chi connectivity index (χ3v) is 9.67. The van der Waals surface area contributed by atoms with Gasteiger partial charge >= 0.3 is 0 Å². The number of pyridine rings is 1. The lowest BCUT2D eigenvalue weighted by Crippen LogP contribution is -2.50. The zero-order chi connectivity index (χ0) is 27.4. The van der Waals surface area contributed by atoms with Crippen LogP contribution in [0.2, 0.25) is 0 Å². The third kappa shape index (κ3) is 5.73. The average Bonchev–Trinajstić information content (AvgIpc) is 3.47. The van der Waals surface area contributed by atoms with Crippen molar-refractivity contribution in [2.45, 2.75) is 30.2 Å². The van der Waals surface area contributed by atoms with Gasteiger partial charge in [0.25, 0.3) is 21.8 Å². The number of hydrogen-bond donors (Lipinski definition) is 2. The highest BCUT2D eigenvalue weighted by molar-refractivity contribution is 7.91. The zero-order valence-corrected chi connectivity index (χ0v) is 22.9. The molecular formula is C26H30N4O6S2. The van der Waals surface area contributed by atoms with Crippen molar-refractivity contribution in [1.82, 2.24) is 14.2 Å². The number of ether oxygens (including phenoxy) is 1. The molecule has 4 rings (SSSR count). The van der Waals surface area contributed by atoms with Gasteiger partial charge in [0.1, 0.15) is 10.3 Å². The van der Waals surface area contributed by atoms with E-state index in [9.17, 15) is 23.1 Å². The summed E-state index contributed by atoms with van der Waals surface area (Å²) >= 11 is 1.13. The Kier molecular flexibility index (Phi) is 8.46. The SMILES string of the molecule is C[C@@H]1CN([C@H](C)CO)C(=O)c2cccc(NC(=O)c3ccncc3)c2O[C@@H]1CN(C)S(=O)(=O)c1cccs1. The largest absolute Gasteiger partial charge is 0.486 e. The second-order valence-corrected chi connectivity index (χ2v) is 12.4. The summed E-state index contributed by atoms with van der Waals surface area (Å²) in [6, 6.07) is 10.7. The molecule has 1 aliphatic rings. The van der Waals surface area contributed by atoms with Crippen molar-refractivity contribution in [3.8, 4) is 5.75 Å². The molecular weight excluding hydrogens is 528 g/mol. The number of aliphatic hydroxyl groups excluding tert-OH is 1. The van der Waals surface area contributed by atoms with Crippen molar-refractivity contribution in [3.63, 3.8) is 0 Å². The summed E-state index contributed by atoms with van der Waals surface area (Å²) in [5, 5.41) is 14.4. The van der Waals surface area contributed by atoms with Crippen LogP contribution in [0.1, 0.15) is 34.6 Å². The van der Waals surface area contributed by atoms with E-state index >= 15 is 0 Å². The van der Waals surface area contributed by atoms with Gasteiger partial charge in [-0.3, -0.25) is 14.6 Å². The first-order chi connectivity index (χ1) is 18.1. The monoisotopic (exact) mass is 558 g/mol. The molecule has 0 bridgehead atoms. The van der Waals surface area contributed by atoms with Gasteiger partial charge in [-0.1, -0.05) is 19.1 Å². The van der Waals surface area contributed by atoms with Crippen LogP contribution in [0.3, 0.4) is 0 Å². The highest BCUT2D eigenvalue weighted by Crippen LogP contribution is 2.35. The van der Waals surface area contributed by atoms with Crippen LogP contribution in [0.4, 0.5) is 5.69 Å². The topological polar surface area (TPSA) is 129 Å². The Morgan fingerprint density at radius 3 is 2.66 bits per heavy atom. The van der Waals surface area contributed by atoms with Crippen LogP contribution in [0.5, 0.6) is 5.75 Å². The summed E-state index contributed by atoms with van der Waals surface area (Å²) in [7, 11) is -2.26. The number of likely N-dealkylation sites (N-methyl/N-ethyl adjacent to an activating group) is 1. The smallest absolute Gasteiger partial charge is 0.258 e. The number of anilines is 1. The minimum Gasteiger partial charge on any atom is -0.486 e. The second kappa shape index (κ2) is 11.6. The van der Waals surface area contributed by atoms with Crippen LogP contribution in [0.25, 0.3) is 0 Å². The number of para-hydroxylation sites is 1. The standard InChI is InChI=1S/C26H30N4O6S2/c1-17-14-30(18(2)16-31)26(33)20-6-4-7-21(28-25(32)19-9-11-27-12-10-19)24(20)36-22(17)15-29(3)38(34,35)23-8-5-13-37-23/h4-13,17-18,22,31H,14-16H2,1-3H3,(H,28,32)/t17-,18-,22-/m1/s1. The minimum atomic E-state index is -3.75. The maximum absolute atomic E-state index is 13.6. The Labute approximate surface area is 225 Å². The fourth-order valence-electron chi connectivity index (χ4n) is 4.17. The van der Waals surface area contributed by atoms with Gasteiger partial charge in [0.2, 0.25) is 0 Å². The third-order valence-electron chi connectivity index (χ3n) is 6.48. The van der Waals surface area contributed by atoms with Gasteiger partial charge in [0.15, 0.2) is 5.75 Å². The highest BCUT2D eigenvalue weighted by atomic mass is 32.2. The molecule has 12 heteroatoms. The first kappa shape index (κ1) is 27.7. The fourth-order valence-corrected chi connectivity index (χ4v) is 6.56. The van der Waals surface area contributed by atoms with Gasteiger partial charge < -0.3 is 20.1 Å². The predicted molar refractivity (Wildman–Crippen MR) is 144 cm³/mol. The summed E-state index contributed by atoms with van der Waals surface area (Å²) in [4.78, 5) is 32.0. The van der Waals surface area contributed by atoms with Gasteiger partial charge in [0, 0.05) is 37.5 Å². The fraction of sp³-hybridized carbons (Fsp3) is 0.346. The second-order valence-electron chi connectivity index (χ2n) is 9.21. The number of aromatic nitrogens is 1. The van der Waals surface area contributed by atoms with Crippen molar-refractivity contribution < 1.29 is 27.9 Å². The van der Waals surface area contributed by atoms with E-state index in [2.05, 4.69) is 10.3 Å². The molecule has 1 aliphatic heterocycles. The molecule has 0 aliphatic carbocycles. The highest BCUT2D eigenvalue weighted by Gasteiger charge is 2.36. The van der Waals surface area contributed by atoms with Crippen molar-refractivity contribution in [3.05, 3.63) is 71.4 Å². The molecule has 1 aromatic carbocycles. The van der Waals surface area contributed by atoms with Gasteiger partial charge in [-0.05, 0) is 42.6 Å². The minimum absolute atomic E-state index is 0.00299. The molecule has 2 N–H and O–H groups in total. The van der Waals surface area contributed by atoms with E-state index in [0.29, 0.717) is 5.56 Å². The Hall–Kier alpha value is -3.32. The number of nitrogens with zero attached hydrogens (tertiary/aromatic N) is 3. The molecule has 38 heavy (non-hydrogen) atoms. The number of fused-ring (bicyclic) bond motifs is 1. The van der Waals surface area contributed by atoms with E-state index in [1.54, 1.807) is 59.7 Å². The molecule has 0 spiro atoms. The number of aliphatic hydroxyl groups is 1. The van der Waals surface area contributed by atoms with Crippen LogP contribution < -0.4 is 10.1 Å². The lowest BCUT2D eigenvalue weighted by molar-refractivity contribution is 0.0388. The first-order valence-electron chi connectivity index (χ1n) is 12.1. The Balaban J connectivity index is 1.73. The molecule has 0 saturated heterocycles. The molecule has 2 amide bonds. The average molecular weight is 559 g/mol. The van der Waals surface area contributed by atoms with Crippen LogP contribution >= 0.6 is 11.3 Å². The maximum Gasteiger partial charge on any atom is 0.258 e. The molecule has 202 valence electrons. The Morgan fingerprint density at radius 2 is 2.00 bits per heavy atom. The number of nitrogens with one attached hydrogen (secondary N) is 1. The molecule has 2 aromatic heterocycles. The molecule has 10 nitrogen and oxygen atoms in total. The lowest BCUT2D eigenvalue weighted by atomic mass is 9.99. The number of rotatable bonds is 8. The van der Waals surface area contributed by atoms with Crippen molar-refractivity contribution in [2.75, 3.05) is 32.1 Å². The summed E-state index contributed by atoms with van der Waals surface area (Å²) in [6.07, 6.45) is 2.33. The lowest BCUT2D eigenvalue weighted by Gasteiger charge is -2.38. The quantitative estimate of drug-likeness (QED) is 0.435. The van der Waals surface area contributed by atoms with Crippen molar-refractivity contribution in [1.29, 1.82) is 0 Å². The Morgan fingerprint density at radius 1 is 1.26 bits per heavy atom. The van der Waals surface area contributed by atoms with E-state index in [1.165, 1.54) is 23.7 Å². The van der Waals surface area contributed by atoms with E-state index < -0.39 is 28.1 Å². The first-order valence-corrected chi connectivity index (χ1v) is 14.4. The van der Waals surface area contributed by atoms with E-state index in [0.717, 1.165) is 11.3 Å². The number of carbonyl (C=O) groups is 2. The number of thiophene rings is 1. The molecule has 3 atom stereocenters. The number of carbonyl (C=O) groups excluding carboxylic acids is 2. The van der Waals surface area contributed by atoms with Crippen LogP contribution in [0.15, 0.2) is 64.4 Å². The van der Waals surface area contributed by atoms with E-state index in [1.807, 2.05) is 6.92 Å². The number of hydrogen-bond acceptors (Lipinski definition) is 8. The molecule has 0 saturated carbocycles. The number of benzene rings is 1. The molecule has 0 fully saturated rings. The number of amides is 2. The predicted octanol–water partition coefficient (Wildman–Crippen LogP) is 2.94. The molecule has 0 unspecified atom stereocenters. The van der Waals surface area contributed by atoms with Crippen molar-refractivity contribution >= 4 is 38.9 Å². The Bertz CT molecular complexity index is 1380. The number of sulfonamides is 1. The van der Waals surface area contributed by atoms with Gasteiger partial charge in [-0.2, -0.15) is 4.31 Å². The van der Waals surface area contributed by atoms with Gasteiger partial charge in [-0.15, -0.1) is 11.3 Å². The molecule has 0 radical (unpaired) electrons. The van der Waals surface area contributed by atoms with Gasteiger partial charge in [0.05, 0.1) is 30.4 Å². The summed E-state index contributed by atoms with van der Waals surface area (Å²) in [5.74, 6) is -0.938. The molecule has 3 aromatic rings. The van der Waals surface area contributed by atoms with Crippen LogP contribution in [0, 0.1) is 5.92 Å². The van der Waals surface area contributed by atoms with Crippen LogP contribution in [-0.4, -0.2) is 78.4 Å². The summed E-state index contributed by atoms with van der Waals surface area (Å²) in [6.45, 7) is 3.60. The summed E-state index contributed by atoms with van der Waals surface area (Å²) in [5.41, 5.74) is 0.854. The maximum atomic E-state index is 13.6. The molecule has 3 heterocycles. The van der Waals surface area contributed by atoms with E-state index in [4.69, 9.17) is 4.74 Å². The van der Waals surface area contributed by atoms with Crippen molar-refractivity contribution in [2.24, 2.45) is 5.92 Å². The zero-order valence-electron chi connectivity index (χ0n) is 21.3. The summed E-state index contributed by atoms with van der Waals surface area (Å²) < 4.78 is 34.1.